The number of H-pyrrole nitrogens is 1. The van der Waals surface area contributed by atoms with Crippen LogP contribution in [-0.2, 0) is 7.05 Å². The van der Waals surface area contributed by atoms with Gasteiger partial charge in [-0.15, -0.1) is 0 Å². The van der Waals surface area contributed by atoms with Crippen molar-refractivity contribution in [3.8, 4) is 22.4 Å². The van der Waals surface area contributed by atoms with Gasteiger partial charge in [0, 0.05) is 41.4 Å². The van der Waals surface area contributed by atoms with Gasteiger partial charge in [0.25, 0.3) is 0 Å². The first-order chi connectivity index (χ1) is 13.3. The molecule has 1 fully saturated rings. The van der Waals surface area contributed by atoms with E-state index in [1.54, 1.807) is 6.33 Å². The quantitative estimate of drug-likeness (QED) is 0.586. The molecule has 27 heavy (non-hydrogen) atoms. The molecule has 3 heterocycles. The van der Waals surface area contributed by atoms with Crippen LogP contribution >= 0.6 is 0 Å². The lowest BCUT2D eigenvalue weighted by Crippen LogP contribution is -2.06. The van der Waals surface area contributed by atoms with Crippen molar-refractivity contribution in [2.75, 3.05) is 0 Å². The number of rotatable bonds is 3. The SMILES string of the molecule is Cn1cc(-c2ccc3c(-c4cn[nH]c4C4CCCCC4)ncnc3c2)cn1. The van der Waals surface area contributed by atoms with Crippen LogP contribution in [0.15, 0.2) is 43.1 Å². The Morgan fingerprint density at radius 2 is 1.93 bits per heavy atom. The Balaban J connectivity index is 1.59. The van der Waals surface area contributed by atoms with Crippen molar-refractivity contribution in [1.29, 1.82) is 0 Å². The van der Waals surface area contributed by atoms with Gasteiger partial charge in [-0.25, -0.2) is 9.97 Å². The summed E-state index contributed by atoms with van der Waals surface area (Å²) in [5, 5.41) is 12.9. The Bertz CT molecular complexity index is 1090. The summed E-state index contributed by atoms with van der Waals surface area (Å²) in [7, 11) is 1.93. The van der Waals surface area contributed by atoms with Crippen molar-refractivity contribution in [2.24, 2.45) is 7.05 Å². The number of aryl methyl sites for hydroxylation is 1. The van der Waals surface area contributed by atoms with Crippen LogP contribution in [0.3, 0.4) is 0 Å². The first kappa shape index (κ1) is 16.2. The minimum Gasteiger partial charge on any atom is -0.282 e. The molecule has 0 spiro atoms. The molecule has 0 amide bonds. The first-order valence-electron chi connectivity index (χ1n) is 9.57. The molecule has 1 N–H and O–H groups in total. The van der Waals surface area contributed by atoms with E-state index in [0.29, 0.717) is 5.92 Å². The number of hydrogen-bond donors (Lipinski definition) is 1. The van der Waals surface area contributed by atoms with E-state index in [2.05, 4.69) is 43.5 Å². The molecule has 1 saturated carbocycles. The van der Waals surface area contributed by atoms with Crippen molar-refractivity contribution in [1.82, 2.24) is 29.9 Å². The third-order valence-corrected chi connectivity index (χ3v) is 5.61. The lowest BCUT2D eigenvalue weighted by molar-refractivity contribution is 0.437. The smallest absolute Gasteiger partial charge is 0.116 e. The van der Waals surface area contributed by atoms with Gasteiger partial charge in [0.1, 0.15) is 6.33 Å². The number of fused-ring (bicyclic) bond motifs is 1. The van der Waals surface area contributed by atoms with Crippen molar-refractivity contribution in [3.05, 3.63) is 48.8 Å². The highest BCUT2D eigenvalue weighted by Crippen LogP contribution is 2.38. The van der Waals surface area contributed by atoms with Crippen molar-refractivity contribution in [2.45, 2.75) is 38.0 Å². The minimum absolute atomic E-state index is 0.552. The monoisotopic (exact) mass is 358 g/mol. The van der Waals surface area contributed by atoms with Gasteiger partial charge < -0.3 is 0 Å². The summed E-state index contributed by atoms with van der Waals surface area (Å²) in [5.41, 5.74) is 6.45. The predicted molar refractivity (Wildman–Crippen MR) is 105 cm³/mol. The fourth-order valence-electron chi connectivity index (χ4n) is 4.21. The average molecular weight is 358 g/mol. The van der Waals surface area contributed by atoms with E-state index in [9.17, 15) is 0 Å². The molecule has 0 bridgehead atoms. The van der Waals surface area contributed by atoms with Crippen LogP contribution in [-0.4, -0.2) is 29.9 Å². The molecule has 4 aromatic rings. The van der Waals surface area contributed by atoms with Crippen LogP contribution in [0.2, 0.25) is 0 Å². The summed E-state index contributed by atoms with van der Waals surface area (Å²) in [4.78, 5) is 9.14. The van der Waals surface area contributed by atoms with Gasteiger partial charge in [0.05, 0.1) is 23.6 Å². The number of nitrogens with zero attached hydrogens (tertiary/aromatic N) is 5. The van der Waals surface area contributed by atoms with E-state index in [1.807, 2.05) is 30.3 Å². The molecule has 0 aliphatic heterocycles. The van der Waals surface area contributed by atoms with Crippen LogP contribution in [0.1, 0.15) is 43.7 Å². The van der Waals surface area contributed by atoms with Crippen LogP contribution in [0.5, 0.6) is 0 Å². The second-order valence-electron chi connectivity index (χ2n) is 7.39. The second-order valence-corrected chi connectivity index (χ2v) is 7.39. The predicted octanol–water partition coefficient (Wildman–Crippen LogP) is 4.47. The summed E-state index contributed by atoms with van der Waals surface area (Å²) >= 11 is 0. The van der Waals surface area contributed by atoms with E-state index in [4.69, 9.17) is 0 Å². The zero-order chi connectivity index (χ0) is 18.2. The summed E-state index contributed by atoms with van der Waals surface area (Å²) in [6.45, 7) is 0. The number of nitrogens with one attached hydrogen (secondary N) is 1. The van der Waals surface area contributed by atoms with E-state index in [1.165, 1.54) is 37.8 Å². The van der Waals surface area contributed by atoms with Gasteiger partial charge in [-0.1, -0.05) is 25.3 Å². The molecule has 5 rings (SSSR count). The number of hydrogen-bond acceptors (Lipinski definition) is 4. The summed E-state index contributed by atoms with van der Waals surface area (Å²) < 4.78 is 1.81. The van der Waals surface area contributed by atoms with E-state index < -0.39 is 0 Å². The zero-order valence-electron chi connectivity index (χ0n) is 15.4. The molecule has 3 aromatic heterocycles. The van der Waals surface area contributed by atoms with E-state index >= 15 is 0 Å². The Kier molecular flexibility index (Phi) is 3.96. The molecule has 6 nitrogen and oxygen atoms in total. The number of aromatic amines is 1. The van der Waals surface area contributed by atoms with E-state index in [0.717, 1.165) is 33.3 Å². The third-order valence-electron chi connectivity index (χ3n) is 5.61. The third kappa shape index (κ3) is 2.91. The first-order valence-corrected chi connectivity index (χ1v) is 9.57. The van der Waals surface area contributed by atoms with Crippen LogP contribution < -0.4 is 0 Å². The van der Waals surface area contributed by atoms with Gasteiger partial charge in [0.15, 0.2) is 0 Å². The highest BCUT2D eigenvalue weighted by atomic mass is 15.2. The number of aromatic nitrogens is 6. The van der Waals surface area contributed by atoms with Gasteiger partial charge in [-0.05, 0) is 30.5 Å². The van der Waals surface area contributed by atoms with Crippen LogP contribution in [0.4, 0.5) is 0 Å². The van der Waals surface area contributed by atoms with Gasteiger partial charge in [-0.2, -0.15) is 10.2 Å². The highest BCUT2D eigenvalue weighted by molar-refractivity contribution is 5.94. The maximum atomic E-state index is 4.62. The molecule has 6 heteroatoms. The largest absolute Gasteiger partial charge is 0.282 e. The van der Waals surface area contributed by atoms with Crippen LogP contribution in [0.25, 0.3) is 33.3 Å². The Morgan fingerprint density at radius 3 is 2.74 bits per heavy atom. The van der Waals surface area contributed by atoms with Crippen molar-refractivity contribution < 1.29 is 0 Å². The van der Waals surface area contributed by atoms with Gasteiger partial charge in [0.2, 0.25) is 0 Å². The molecular formula is C21H22N6. The lowest BCUT2D eigenvalue weighted by atomic mass is 9.85. The molecule has 1 aliphatic carbocycles. The normalized spacial score (nSPS) is 15.4. The average Bonchev–Trinajstić information content (AvgIpc) is 3.37. The molecule has 0 radical (unpaired) electrons. The lowest BCUT2D eigenvalue weighted by Gasteiger charge is -2.21. The Morgan fingerprint density at radius 1 is 1.04 bits per heavy atom. The topological polar surface area (TPSA) is 72.3 Å². The van der Waals surface area contributed by atoms with Gasteiger partial charge >= 0.3 is 0 Å². The fourth-order valence-corrected chi connectivity index (χ4v) is 4.21. The second kappa shape index (κ2) is 6.61. The van der Waals surface area contributed by atoms with Crippen molar-refractivity contribution in [3.63, 3.8) is 0 Å². The molecule has 1 aliphatic rings. The molecular weight excluding hydrogens is 336 g/mol. The molecule has 0 atom stereocenters. The number of benzene rings is 1. The van der Waals surface area contributed by atoms with Crippen molar-refractivity contribution >= 4 is 10.9 Å². The fraction of sp³-hybridized carbons (Fsp3) is 0.333. The van der Waals surface area contributed by atoms with Crippen LogP contribution in [0, 0.1) is 0 Å². The summed E-state index contributed by atoms with van der Waals surface area (Å²) in [6, 6.07) is 6.34. The molecule has 136 valence electrons. The molecule has 0 saturated heterocycles. The summed E-state index contributed by atoms with van der Waals surface area (Å²) in [5.74, 6) is 0.552. The summed E-state index contributed by atoms with van der Waals surface area (Å²) in [6.07, 6.45) is 13.8. The highest BCUT2D eigenvalue weighted by Gasteiger charge is 2.22. The molecule has 1 aromatic carbocycles. The standard InChI is InChI=1S/C21H22N6/c1-27-12-16(10-25-27)15-7-8-17-19(9-15)22-13-23-21(17)18-11-24-26-20(18)14-5-3-2-4-6-14/h7-14H,2-6H2,1H3,(H,24,26). The van der Waals surface area contributed by atoms with Gasteiger partial charge in [-0.3, -0.25) is 9.78 Å². The minimum atomic E-state index is 0.552. The Labute approximate surface area is 157 Å². The van der Waals surface area contributed by atoms with E-state index in [-0.39, 0.29) is 0 Å². The maximum Gasteiger partial charge on any atom is 0.116 e. The molecule has 0 unspecified atom stereocenters. The zero-order valence-corrected chi connectivity index (χ0v) is 15.4. The Hall–Kier alpha value is -3.02. The maximum absolute atomic E-state index is 4.62.